The van der Waals surface area contributed by atoms with E-state index >= 15 is 0 Å². The molecule has 24 heavy (non-hydrogen) atoms. The molecular weight excluding hydrogens is 309 g/mol. The summed E-state index contributed by atoms with van der Waals surface area (Å²) in [6, 6.07) is 7.54. The largest absolute Gasteiger partial charge is 0.496 e. The van der Waals surface area contributed by atoms with Gasteiger partial charge in [-0.2, -0.15) is 5.10 Å². The zero-order valence-corrected chi connectivity index (χ0v) is 13.8. The number of amides is 1. The summed E-state index contributed by atoms with van der Waals surface area (Å²) in [5.41, 5.74) is 2.00. The third-order valence-corrected chi connectivity index (χ3v) is 5.26. The van der Waals surface area contributed by atoms with Crippen molar-refractivity contribution in [3.8, 4) is 17.0 Å². The lowest BCUT2D eigenvalue weighted by atomic mass is 10.1. The van der Waals surface area contributed by atoms with Crippen LogP contribution in [-0.2, 0) is 7.05 Å². The van der Waals surface area contributed by atoms with Crippen LogP contribution in [0.3, 0.4) is 0 Å². The Morgan fingerprint density at radius 1 is 1.33 bits per heavy atom. The number of piperidine rings is 1. The number of methoxy groups -OCH3 is 1. The summed E-state index contributed by atoms with van der Waals surface area (Å²) in [6.07, 6.45) is 1.75. The summed E-state index contributed by atoms with van der Waals surface area (Å²) < 4.78 is 19.8. The van der Waals surface area contributed by atoms with Gasteiger partial charge in [0.05, 0.1) is 19.3 Å². The van der Waals surface area contributed by atoms with Crippen molar-refractivity contribution in [2.45, 2.75) is 0 Å². The summed E-state index contributed by atoms with van der Waals surface area (Å²) in [5.74, 6) is 1.49. The van der Waals surface area contributed by atoms with Crippen LogP contribution in [0.25, 0.3) is 11.3 Å². The zero-order chi connectivity index (χ0) is 16.8. The van der Waals surface area contributed by atoms with Crippen molar-refractivity contribution < 1.29 is 13.9 Å². The van der Waals surface area contributed by atoms with Crippen molar-refractivity contribution in [3.63, 3.8) is 0 Å². The van der Waals surface area contributed by atoms with Gasteiger partial charge in [-0.3, -0.25) is 13.9 Å². The quantitative estimate of drug-likeness (QED) is 0.865. The Bertz CT molecular complexity index is 776. The van der Waals surface area contributed by atoms with Gasteiger partial charge in [0, 0.05) is 31.9 Å². The molecule has 2 fully saturated rings. The fourth-order valence-corrected chi connectivity index (χ4v) is 3.90. The lowest BCUT2D eigenvalue weighted by molar-refractivity contribution is 0.0766. The topological polar surface area (TPSA) is 47.4 Å². The highest BCUT2D eigenvalue weighted by Crippen LogP contribution is 2.52. The van der Waals surface area contributed by atoms with Gasteiger partial charge in [0.15, 0.2) is 0 Å². The number of aromatic nitrogens is 2. The number of alkyl halides is 1. The molecular formula is C18H20FN3O2. The molecule has 1 aromatic heterocycles. The van der Waals surface area contributed by atoms with E-state index in [9.17, 15) is 9.18 Å². The molecule has 1 unspecified atom stereocenters. The predicted octanol–water partition coefficient (Wildman–Crippen LogP) is 2.38. The van der Waals surface area contributed by atoms with Gasteiger partial charge in [0.1, 0.15) is 11.4 Å². The summed E-state index contributed by atoms with van der Waals surface area (Å²) in [6.45, 7) is 1.04. The van der Waals surface area contributed by atoms with Crippen LogP contribution in [0, 0.1) is 17.8 Å². The van der Waals surface area contributed by atoms with E-state index in [2.05, 4.69) is 5.10 Å². The van der Waals surface area contributed by atoms with Crippen molar-refractivity contribution >= 4 is 5.91 Å². The van der Waals surface area contributed by atoms with Gasteiger partial charge in [-0.25, -0.2) is 0 Å². The second-order valence-corrected chi connectivity index (χ2v) is 6.62. The number of fused-ring (bicyclic) bond motifs is 1. The van der Waals surface area contributed by atoms with E-state index in [1.54, 1.807) is 25.0 Å². The van der Waals surface area contributed by atoms with Gasteiger partial charge >= 0.3 is 0 Å². The summed E-state index contributed by atoms with van der Waals surface area (Å²) >= 11 is 0. The second kappa shape index (κ2) is 5.61. The molecule has 1 aromatic carbocycles. The van der Waals surface area contributed by atoms with E-state index in [-0.39, 0.29) is 18.5 Å². The van der Waals surface area contributed by atoms with Crippen LogP contribution >= 0.6 is 0 Å². The minimum atomic E-state index is -0.267. The number of likely N-dealkylation sites (tertiary alicyclic amines) is 1. The molecule has 4 rings (SSSR count). The number of aryl methyl sites for hydroxylation is 1. The molecule has 5 nitrogen and oxygen atoms in total. The molecule has 126 valence electrons. The lowest BCUT2D eigenvalue weighted by Crippen LogP contribution is -2.32. The van der Waals surface area contributed by atoms with Crippen LogP contribution in [0.5, 0.6) is 5.75 Å². The molecule has 2 aliphatic rings. The molecule has 0 radical (unpaired) electrons. The number of hydrogen-bond acceptors (Lipinski definition) is 3. The Labute approximate surface area is 140 Å². The molecule has 3 atom stereocenters. The maximum Gasteiger partial charge on any atom is 0.257 e. The number of carbonyl (C=O) groups is 1. The first-order chi connectivity index (χ1) is 11.6. The average molecular weight is 329 g/mol. The predicted molar refractivity (Wildman–Crippen MR) is 87.5 cm³/mol. The van der Waals surface area contributed by atoms with E-state index in [1.165, 1.54) is 0 Å². The molecule has 1 saturated carbocycles. The molecule has 2 aromatic rings. The van der Waals surface area contributed by atoms with Crippen LogP contribution in [0.4, 0.5) is 4.39 Å². The molecule has 0 bridgehead atoms. The number of nitrogens with zero attached hydrogens (tertiary/aromatic N) is 3. The summed E-state index contributed by atoms with van der Waals surface area (Å²) in [5, 5.41) is 4.47. The molecule has 1 amide bonds. The van der Waals surface area contributed by atoms with Crippen molar-refractivity contribution in [1.29, 1.82) is 0 Å². The Morgan fingerprint density at radius 3 is 2.71 bits per heavy atom. The van der Waals surface area contributed by atoms with Gasteiger partial charge < -0.3 is 9.64 Å². The number of carbonyl (C=O) groups excluding carboxylic acids is 1. The second-order valence-electron chi connectivity index (χ2n) is 6.62. The Morgan fingerprint density at radius 2 is 2.04 bits per heavy atom. The molecule has 0 spiro atoms. The number of halogens is 1. The van der Waals surface area contributed by atoms with E-state index < -0.39 is 0 Å². The average Bonchev–Trinajstić information content (AvgIpc) is 2.94. The SMILES string of the molecule is COc1ccccc1-c1nn(C)cc1C(=O)N1C[C@@H]2C(CF)[C@@H]2C1. The highest BCUT2D eigenvalue weighted by Gasteiger charge is 2.56. The smallest absolute Gasteiger partial charge is 0.257 e. The molecule has 1 aliphatic heterocycles. The van der Waals surface area contributed by atoms with Crippen molar-refractivity contribution in [1.82, 2.24) is 14.7 Å². The van der Waals surface area contributed by atoms with E-state index in [1.807, 2.05) is 29.2 Å². The molecule has 6 heteroatoms. The highest BCUT2D eigenvalue weighted by atomic mass is 19.1. The fraction of sp³-hybridized carbons (Fsp3) is 0.444. The highest BCUT2D eigenvalue weighted by molar-refractivity contribution is 6.00. The first kappa shape index (κ1) is 15.2. The van der Waals surface area contributed by atoms with E-state index in [4.69, 9.17) is 4.74 Å². The third kappa shape index (κ3) is 2.28. The maximum absolute atomic E-state index is 13.0. The van der Waals surface area contributed by atoms with Crippen LogP contribution < -0.4 is 4.74 Å². The number of benzene rings is 1. The van der Waals surface area contributed by atoms with E-state index in [0.29, 0.717) is 41.9 Å². The normalized spacial score (nSPS) is 24.8. The van der Waals surface area contributed by atoms with Crippen LogP contribution in [0.1, 0.15) is 10.4 Å². The summed E-state index contributed by atoms with van der Waals surface area (Å²) in [7, 11) is 3.41. The van der Waals surface area contributed by atoms with Crippen molar-refractivity contribution in [3.05, 3.63) is 36.0 Å². The van der Waals surface area contributed by atoms with Gasteiger partial charge in [-0.1, -0.05) is 12.1 Å². The lowest BCUT2D eigenvalue weighted by Gasteiger charge is -2.19. The number of rotatable bonds is 4. The van der Waals surface area contributed by atoms with Crippen LogP contribution in [0.2, 0.25) is 0 Å². The van der Waals surface area contributed by atoms with Crippen molar-refractivity contribution in [2.24, 2.45) is 24.8 Å². The number of ether oxygens (including phenoxy) is 1. The van der Waals surface area contributed by atoms with Crippen LogP contribution in [0.15, 0.2) is 30.5 Å². The minimum absolute atomic E-state index is 0.0335. The van der Waals surface area contributed by atoms with Gasteiger partial charge in [0.25, 0.3) is 5.91 Å². The standard InChI is InChI=1S/C18H20FN3O2/c1-21-8-15(17(20-21)11-5-3-4-6-16(11)24-2)18(23)22-9-13-12(7-19)14(13)10-22/h3-6,8,12-14H,7,9-10H2,1-2H3/t12?,13-,14+. The van der Waals surface area contributed by atoms with Crippen molar-refractivity contribution in [2.75, 3.05) is 26.9 Å². The van der Waals surface area contributed by atoms with E-state index in [0.717, 1.165) is 5.56 Å². The number of hydrogen-bond donors (Lipinski definition) is 0. The van der Waals surface area contributed by atoms with Gasteiger partial charge in [0.2, 0.25) is 0 Å². The maximum atomic E-state index is 13.0. The Kier molecular flexibility index (Phi) is 3.55. The van der Waals surface area contributed by atoms with Crippen LogP contribution in [-0.4, -0.2) is 47.5 Å². The molecule has 2 heterocycles. The molecule has 1 saturated heterocycles. The Balaban J connectivity index is 1.64. The fourth-order valence-electron chi connectivity index (χ4n) is 3.90. The zero-order valence-electron chi connectivity index (χ0n) is 13.8. The monoisotopic (exact) mass is 329 g/mol. The first-order valence-electron chi connectivity index (χ1n) is 8.16. The first-order valence-corrected chi connectivity index (χ1v) is 8.16. The Hall–Kier alpha value is -2.37. The third-order valence-electron chi connectivity index (χ3n) is 5.26. The van der Waals surface area contributed by atoms with Gasteiger partial charge in [-0.05, 0) is 29.9 Å². The summed E-state index contributed by atoms with van der Waals surface area (Å²) in [4.78, 5) is 14.8. The molecule has 1 aliphatic carbocycles. The van der Waals surface area contributed by atoms with Gasteiger partial charge in [-0.15, -0.1) is 0 Å². The number of para-hydroxylation sites is 1. The molecule has 0 N–H and O–H groups in total. The minimum Gasteiger partial charge on any atom is -0.496 e.